The number of hydrogen-bond acceptors (Lipinski definition) is 10. The average Bonchev–Trinajstić information content (AvgIpc) is 3.62. The molecule has 42 heavy (non-hydrogen) atoms. The highest BCUT2D eigenvalue weighted by atomic mass is 28.4. The van der Waals surface area contributed by atoms with E-state index in [0.29, 0.717) is 35.8 Å². The Hall–Kier alpha value is -2.50. The van der Waals surface area contributed by atoms with E-state index in [-0.39, 0.29) is 41.4 Å². The quantitative estimate of drug-likeness (QED) is 0.227. The van der Waals surface area contributed by atoms with E-state index in [1.54, 1.807) is 18.6 Å². The van der Waals surface area contributed by atoms with E-state index >= 15 is 0 Å². The largest absolute Gasteiger partial charge is 0.472 e. The second-order valence-electron chi connectivity index (χ2n) is 13.9. The molecule has 1 aliphatic rings. The summed E-state index contributed by atoms with van der Waals surface area (Å²) in [5, 5.41) is 17.6. The van der Waals surface area contributed by atoms with Gasteiger partial charge in [0.25, 0.3) is 5.95 Å². The highest BCUT2D eigenvalue weighted by Gasteiger charge is 2.47. The lowest BCUT2D eigenvalue weighted by Gasteiger charge is -2.40. The molecule has 12 nitrogen and oxygen atoms in total. The zero-order valence-electron chi connectivity index (χ0n) is 26.7. The fourth-order valence-electron chi connectivity index (χ4n) is 4.11. The smallest absolute Gasteiger partial charge is 0.257 e. The molecule has 4 heterocycles. The van der Waals surface area contributed by atoms with Crippen molar-refractivity contribution in [3.63, 3.8) is 0 Å². The third-order valence-electron chi connectivity index (χ3n) is 8.78. The van der Waals surface area contributed by atoms with Gasteiger partial charge < -0.3 is 23.4 Å². The van der Waals surface area contributed by atoms with Gasteiger partial charge in [-0.3, -0.25) is 4.57 Å². The first-order valence-electron chi connectivity index (χ1n) is 14.5. The zero-order valence-corrected chi connectivity index (χ0v) is 28.7. The molecule has 0 spiro atoms. The van der Waals surface area contributed by atoms with Crippen molar-refractivity contribution in [1.82, 2.24) is 34.5 Å². The lowest BCUT2D eigenvalue weighted by Crippen LogP contribution is -2.48. The Bertz CT molecular complexity index is 1390. The molecule has 1 saturated heterocycles. The van der Waals surface area contributed by atoms with Crippen LogP contribution in [-0.4, -0.2) is 81.7 Å². The number of ether oxygens (including phenoxy) is 2. The summed E-state index contributed by atoms with van der Waals surface area (Å²) >= 11 is 0. The number of aliphatic hydroxyl groups is 1. The van der Waals surface area contributed by atoms with Crippen molar-refractivity contribution in [2.75, 3.05) is 13.2 Å². The Morgan fingerprint density at radius 1 is 1.10 bits per heavy atom. The first-order valence-corrected chi connectivity index (χ1v) is 20.3. The minimum Gasteiger partial charge on any atom is -0.472 e. The predicted octanol–water partition coefficient (Wildman–Crippen LogP) is 5.16. The highest BCUT2D eigenvalue weighted by molar-refractivity contribution is 6.74. The van der Waals surface area contributed by atoms with Crippen molar-refractivity contribution in [1.29, 1.82) is 0 Å². The maximum absolute atomic E-state index is 9.47. The molecular formula is C28H47N7O5Si2. The molecule has 0 aromatic carbocycles. The van der Waals surface area contributed by atoms with Crippen molar-refractivity contribution in [3.8, 4) is 11.8 Å². The number of rotatable bonds is 11. The molecule has 14 heteroatoms. The minimum atomic E-state index is -2.11. The second-order valence-corrected chi connectivity index (χ2v) is 23.5. The molecule has 0 saturated carbocycles. The van der Waals surface area contributed by atoms with Gasteiger partial charge in [0.2, 0.25) is 5.88 Å². The molecule has 0 aliphatic carbocycles. The van der Waals surface area contributed by atoms with Crippen LogP contribution in [0.15, 0.2) is 25.2 Å². The third kappa shape index (κ3) is 6.68. The molecular weight excluding hydrogens is 571 g/mol. The third-order valence-corrected chi connectivity index (χ3v) is 17.8. The number of nitrogens with zero attached hydrogens (tertiary/aromatic N) is 7. The molecule has 4 rings (SSSR count). The molecule has 0 radical (unpaired) electrons. The van der Waals surface area contributed by atoms with E-state index in [1.807, 2.05) is 4.57 Å². The fourth-order valence-corrected chi connectivity index (χ4v) is 6.48. The summed E-state index contributed by atoms with van der Waals surface area (Å²) in [5.74, 6) is 0.528. The van der Waals surface area contributed by atoms with Gasteiger partial charge in [-0.1, -0.05) is 59.4 Å². The van der Waals surface area contributed by atoms with Crippen LogP contribution in [-0.2, 0) is 20.2 Å². The molecule has 0 amide bonds. The number of fused-ring (bicyclic) bond motifs is 1. The molecule has 1 aliphatic heterocycles. The van der Waals surface area contributed by atoms with Crippen LogP contribution in [0.4, 0.5) is 0 Å². The van der Waals surface area contributed by atoms with Gasteiger partial charge in [0.05, 0.1) is 31.8 Å². The van der Waals surface area contributed by atoms with E-state index in [0.717, 1.165) is 0 Å². The lowest BCUT2D eigenvalue weighted by atomic mass is 10.2. The monoisotopic (exact) mass is 617 g/mol. The van der Waals surface area contributed by atoms with Crippen LogP contribution >= 0.6 is 0 Å². The summed E-state index contributed by atoms with van der Waals surface area (Å²) in [5.41, 5.74) is 1.42. The Morgan fingerprint density at radius 2 is 1.79 bits per heavy atom. The van der Waals surface area contributed by atoms with Crippen LogP contribution in [0, 0.1) is 0 Å². The fraction of sp³-hybridized carbons (Fsp3) is 0.679. The normalized spacial score (nSPS) is 20.4. The van der Waals surface area contributed by atoms with Crippen LogP contribution in [0.3, 0.4) is 0 Å². The molecule has 3 atom stereocenters. The molecule has 3 aromatic heterocycles. The SMILES string of the molecule is C=CCOc1nc(-n2cc(CO)nn2)nc2c1ncn2[C@H]1C[C@H](O[Si](C)(C)C(C)(C)C)[C@@H](CO[Si](C)(C)C(C)(C)C)O1. The van der Waals surface area contributed by atoms with E-state index in [2.05, 4.69) is 94.6 Å². The highest BCUT2D eigenvalue weighted by Crippen LogP contribution is 2.43. The van der Waals surface area contributed by atoms with Gasteiger partial charge in [-0.05, 0) is 36.3 Å². The Kier molecular flexibility index (Phi) is 9.17. The van der Waals surface area contributed by atoms with Crippen LogP contribution in [0.25, 0.3) is 17.1 Å². The number of aliphatic hydroxyl groups excluding tert-OH is 1. The molecule has 3 aromatic rings. The second kappa shape index (κ2) is 11.9. The van der Waals surface area contributed by atoms with Gasteiger partial charge in [0, 0.05) is 6.42 Å². The Morgan fingerprint density at radius 3 is 2.38 bits per heavy atom. The molecule has 0 bridgehead atoms. The number of imidazole rings is 1. The summed E-state index contributed by atoms with van der Waals surface area (Å²) in [6.07, 6.45) is 4.73. The summed E-state index contributed by atoms with van der Waals surface area (Å²) in [7, 11) is -4.13. The average molecular weight is 618 g/mol. The van der Waals surface area contributed by atoms with Gasteiger partial charge in [-0.2, -0.15) is 14.6 Å². The van der Waals surface area contributed by atoms with Crippen molar-refractivity contribution < 1.29 is 23.4 Å². The summed E-state index contributed by atoms with van der Waals surface area (Å²) in [4.78, 5) is 13.9. The maximum Gasteiger partial charge on any atom is 0.257 e. The van der Waals surface area contributed by atoms with E-state index in [4.69, 9.17) is 23.3 Å². The predicted molar refractivity (Wildman–Crippen MR) is 166 cm³/mol. The van der Waals surface area contributed by atoms with E-state index in [1.165, 1.54) is 4.68 Å². The Labute approximate surface area is 250 Å². The van der Waals surface area contributed by atoms with Gasteiger partial charge >= 0.3 is 0 Å². The van der Waals surface area contributed by atoms with E-state index in [9.17, 15) is 5.11 Å². The summed E-state index contributed by atoms with van der Waals surface area (Å²) in [6.45, 7) is 26.7. The van der Waals surface area contributed by atoms with Gasteiger partial charge in [0.1, 0.15) is 24.6 Å². The van der Waals surface area contributed by atoms with Crippen LogP contribution in [0.2, 0.25) is 36.3 Å². The lowest BCUT2D eigenvalue weighted by molar-refractivity contribution is -0.0383. The summed E-state index contributed by atoms with van der Waals surface area (Å²) < 4.78 is 29.5. The van der Waals surface area contributed by atoms with Crippen LogP contribution in [0.5, 0.6) is 5.88 Å². The molecule has 232 valence electrons. The van der Waals surface area contributed by atoms with Crippen molar-refractivity contribution in [2.24, 2.45) is 0 Å². The van der Waals surface area contributed by atoms with Gasteiger partial charge in [0.15, 0.2) is 27.8 Å². The minimum absolute atomic E-state index is 0.0440. The standard InChI is InChI=1S/C28H47N7O5Si2/c1-12-13-37-25-23-24(30-26(31-25)35-15-19(16-36)32-33-35)34(18-29-23)22-14-20(40-42(10,11)28(5,6)7)21(39-22)17-38-41(8,9)27(2,3)4/h12,15,18,20-22,36H,1,13-14,16-17H2,2-11H3/t20-,21+,22+/m0/s1. The first-order chi connectivity index (χ1) is 19.5. The number of aromatic nitrogens is 7. The molecule has 1 fully saturated rings. The van der Waals surface area contributed by atoms with Gasteiger partial charge in [-0.15, -0.1) is 5.10 Å². The van der Waals surface area contributed by atoms with Crippen molar-refractivity contribution in [3.05, 3.63) is 30.9 Å². The van der Waals surface area contributed by atoms with Crippen molar-refractivity contribution >= 4 is 27.8 Å². The molecule has 0 unspecified atom stereocenters. The topological polar surface area (TPSA) is 131 Å². The maximum atomic E-state index is 9.47. The summed E-state index contributed by atoms with van der Waals surface area (Å²) in [6, 6.07) is 0. The van der Waals surface area contributed by atoms with Crippen LogP contribution < -0.4 is 4.74 Å². The van der Waals surface area contributed by atoms with E-state index < -0.39 is 22.9 Å². The number of hydrogen-bond donors (Lipinski definition) is 1. The van der Waals surface area contributed by atoms with Crippen molar-refractivity contribution in [2.45, 2.75) is 109 Å². The first kappa shape index (κ1) is 32.4. The van der Waals surface area contributed by atoms with Gasteiger partial charge in [-0.25, -0.2) is 4.98 Å². The zero-order chi connectivity index (χ0) is 31.1. The Balaban J connectivity index is 1.71. The van der Waals surface area contributed by atoms with Crippen LogP contribution in [0.1, 0.15) is 59.9 Å². The molecule has 1 N–H and O–H groups in total.